The van der Waals surface area contributed by atoms with Gasteiger partial charge in [-0.25, -0.2) is 4.98 Å². The summed E-state index contributed by atoms with van der Waals surface area (Å²) in [6.07, 6.45) is 5.60. The smallest absolute Gasteiger partial charge is 0.305 e. The lowest BCUT2D eigenvalue weighted by Gasteiger charge is -1.93. The van der Waals surface area contributed by atoms with Gasteiger partial charge in [0.15, 0.2) is 12.1 Å². The Hall–Kier alpha value is -1.91. The molecule has 0 unspecified atom stereocenters. The number of hydrogen-bond donors (Lipinski definition) is 2. The van der Waals surface area contributed by atoms with Gasteiger partial charge in [0.1, 0.15) is 0 Å². The summed E-state index contributed by atoms with van der Waals surface area (Å²) in [5.41, 5.74) is 7.25. The number of anilines is 1. The summed E-state index contributed by atoms with van der Waals surface area (Å²) < 4.78 is 0. The van der Waals surface area contributed by atoms with Gasteiger partial charge in [-0.05, 0) is 12.0 Å². The van der Waals surface area contributed by atoms with Crippen molar-refractivity contribution >= 4 is 23.1 Å². The van der Waals surface area contributed by atoms with Crippen molar-refractivity contribution in [2.24, 2.45) is 5.92 Å². The fourth-order valence-corrected chi connectivity index (χ4v) is 1.27. The number of aromatic nitrogens is 4. The standard InChI is InChI=1S/C10H13N5/c1-6(2)3-4-7-14-9(11)8-10(15-7)13-5-12-8/h3-6H,1-2H3,(H3,11,12,13,14,15)/p+1. The van der Waals surface area contributed by atoms with Crippen LogP contribution in [0.15, 0.2) is 12.4 Å². The highest BCUT2D eigenvalue weighted by atomic mass is 15.0. The molecule has 0 aliphatic heterocycles. The number of imidazole rings is 1. The first-order valence-corrected chi connectivity index (χ1v) is 4.87. The lowest BCUT2D eigenvalue weighted by atomic mass is 10.2. The van der Waals surface area contributed by atoms with Crippen molar-refractivity contribution in [1.82, 2.24) is 15.0 Å². The number of hydrogen-bond acceptors (Lipinski definition) is 3. The minimum absolute atomic E-state index is 0.463. The molecule has 2 rings (SSSR count). The molecule has 78 valence electrons. The van der Waals surface area contributed by atoms with Gasteiger partial charge in [0, 0.05) is 0 Å². The van der Waals surface area contributed by atoms with E-state index in [9.17, 15) is 0 Å². The van der Waals surface area contributed by atoms with Gasteiger partial charge in [0.05, 0.1) is 0 Å². The summed E-state index contributed by atoms with van der Waals surface area (Å²) in [7, 11) is 0. The highest BCUT2D eigenvalue weighted by molar-refractivity contribution is 5.79. The molecule has 0 radical (unpaired) electrons. The highest BCUT2D eigenvalue weighted by Gasteiger charge is 2.11. The van der Waals surface area contributed by atoms with Crippen molar-refractivity contribution in [3.8, 4) is 0 Å². The maximum absolute atomic E-state index is 5.77. The van der Waals surface area contributed by atoms with Gasteiger partial charge < -0.3 is 5.73 Å². The molecule has 0 saturated carbocycles. The van der Waals surface area contributed by atoms with E-state index in [0.717, 1.165) is 11.2 Å². The average Bonchev–Trinajstić information content (AvgIpc) is 2.63. The van der Waals surface area contributed by atoms with Crippen molar-refractivity contribution in [2.45, 2.75) is 13.8 Å². The third-order valence-corrected chi connectivity index (χ3v) is 2.01. The van der Waals surface area contributed by atoms with Gasteiger partial charge in [-0.15, -0.1) is 0 Å². The Kier molecular flexibility index (Phi) is 2.37. The van der Waals surface area contributed by atoms with Crippen LogP contribution in [0.2, 0.25) is 0 Å². The lowest BCUT2D eigenvalue weighted by molar-refractivity contribution is -0.347. The number of rotatable bonds is 2. The number of nitrogen functional groups attached to an aromatic ring is 1. The average molecular weight is 204 g/mol. The van der Waals surface area contributed by atoms with Gasteiger partial charge in [-0.2, -0.15) is 4.98 Å². The number of allylic oxidation sites excluding steroid dienone is 1. The van der Waals surface area contributed by atoms with Crippen molar-refractivity contribution in [1.29, 1.82) is 0 Å². The topological polar surface area (TPSA) is 81.7 Å². The molecule has 15 heavy (non-hydrogen) atoms. The van der Waals surface area contributed by atoms with Gasteiger partial charge in [0.2, 0.25) is 11.3 Å². The Labute approximate surface area is 87.5 Å². The number of H-pyrrole nitrogens is 2. The Morgan fingerprint density at radius 1 is 1.47 bits per heavy atom. The molecule has 0 saturated heterocycles. The largest absolute Gasteiger partial charge is 0.380 e. The molecule has 0 fully saturated rings. The van der Waals surface area contributed by atoms with Crippen molar-refractivity contribution in [3.63, 3.8) is 0 Å². The predicted octanol–water partition coefficient (Wildman–Crippen LogP) is 1.02. The van der Waals surface area contributed by atoms with Crippen molar-refractivity contribution in [3.05, 3.63) is 18.2 Å². The van der Waals surface area contributed by atoms with Crippen LogP contribution in [0.4, 0.5) is 5.82 Å². The van der Waals surface area contributed by atoms with E-state index < -0.39 is 0 Å². The third kappa shape index (κ3) is 1.96. The van der Waals surface area contributed by atoms with E-state index in [2.05, 4.69) is 33.8 Å². The SMILES string of the molecule is CC(C)C=Cc1nc(N)c2[nH]c[nH+]c2n1. The first-order chi connectivity index (χ1) is 7.16. The zero-order valence-electron chi connectivity index (χ0n) is 8.78. The molecule has 2 heterocycles. The van der Waals surface area contributed by atoms with E-state index in [1.807, 2.05) is 12.2 Å². The van der Waals surface area contributed by atoms with Crippen LogP contribution in [-0.2, 0) is 0 Å². The van der Waals surface area contributed by atoms with E-state index in [1.54, 1.807) is 6.33 Å². The summed E-state index contributed by atoms with van der Waals surface area (Å²) in [4.78, 5) is 14.4. The van der Waals surface area contributed by atoms with Crippen LogP contribution in [0.1, 0.15) is 19.7 Å². The molecule has 0 amide bonds. The van der Waals surface area contributed by atoms with Crippen LogP contribution in [-0.4, -0.2) is 15.0 Å². The number of fused-ring (bicyclic) bond motifs is 1. The quantitative estimate of drug-likeness (QED) is 0.766. The fourth-order valence-electron chi connectivity index (χ4n) is 1.27. The second-order valence-electron chi connectivity index (χ2n) is 3.73. The van der Waals surface area contributed by atoms with Crippen LogP contribution in [0, 0.1) is 5.92 Å². The second kappa shape index (κ2) is 3.68. The second-order valence-corrected chi connectivity index (χ2v) is 3.73. The fraction of sp³-hybridized carbons (Fsp3) is 0.300. The Balaban J connectivity index is 2.45. The van der Waals surface area contributed by atoms with E-state index in [-0.39, 0.29) is 0 Å². The minimum Gasteiger partial charge on any atom is -0.380 e. The molecule has 5 nitrogen and oxygen atoms in total. The Bertz CT molecular complexity index is 497. The highest BCUT2D eigenvalue weighted by Crippen LogP contribution is 2.11. The van der Waals surface area contributed by atoms with E-state index in [4.69, 9.17) is 5.73 Å². The molecule has 0 atom stereocenters. The molecule has 0 bridgehead atoms. The zero-order chi connectivity index (χ0) is 10.8. The van der Waals surface area contributed by atoms with Crippen molar-refractivity contribution < 1.29 is 4.98 Å². The third-order valence-electron chi connectivity index (χ3n) is 2.01. The molecule has 5 heteroatoms. The minimum atomic E-state index is 0.463. The normalized spacial score (nSPS) is 11.9. The molecule has 4 N–H and O–H groups in total. The molecule has 0 spiro atoms. The lowest BCUT2D eigenvalue weighted by Crippen LogP contribution is -2.02. The number of aromatic amines is 2. The molecule has 0 aromatic carbocycles. The number of nitrogens with two attached hydrogens (primary N) is 1. The van der Waals surface area contributed by atoms with E-state index in [0.29, 0.717) is 17.6 Å². The Morgan fingerprint density at radius 3 is 3.00 bits per heavy atom. The molecular formula is C10H14N5+. The first kappa shape index (κ1) is 9.64. The molecular weight excluding hydrogens is 190 g/mol. The summed E-state index contributed by atoms with van der Waals surface area (Å²) in [6.45, 7) is 4.20. The number of nitrogens with zero attached hydrogens (tertiary/aromatic N) is 2. The zero-order valence-corrected chi connectivity index (χ0v) is 8.78. The molecule has 2 aromatic heterocycles. The van der Waals surface area contributed by atoms with Gasteiger partial charge >= 0.3 is 5.65 Å². The van der Waals surface area contributed by atoms with Gasteiger partial charge in [-0.1, -0.05) is 24.9 Å². The van der Waals surface area contributed by atoms with Crippen molar-refractivity contribution in [2.75, 3.05) is 5.73 Å². The van der Waals surface area contributed by atoms with Crippen LogP contribution in [0.5, 0.6) is 0 Å². The van der Waals surface area contributed by atoms with Gasteiger partial charge in [0.25, 0.3) is 0 Å². The summed E-state index contributed by atoms with van der Waals surface area (Å²) in [5.74, 6) is 1.56. The molecule has 0 aliphatic carbocycles. The van der Waals surface area contributed by atoms with Crippen LogP contribution in [0.25, 0.3) is 17.2 Å². The van der Waals surface area contributed by atoms with Crippen LogP contribution in [0.3, 0.4) is 0 Å². The molecule has 2 aromatic rings. The van der Waals surface area contributed by atoms with E-state index in [1.165, 1.54) is 0 Å². The summed E-state index contributed by atoms with van der Waals surface area (Å²) >= 11 is 0. The maximum atomic E-state index is 5.77. The number of nitrogens with one attached hydrogen (secondary N) is 2. The van der Waals surface area contributed by atoms with Crippen LogP contribution >= 0.6 is 0 Å². The monoisotopic (exact) mass is 204 g/mol. The Morgan fingerprint density at radius 2 is 2.27 bits per heavy atom. The van der Waals surface area contributed by atoms with Gasteiger partial charge in [-0.3, -0.25) is 4.98 Å². The summed E-state index contributed by atoms with van der Waals surface area (Å²) in [5, 5.41) is 0. The first-order valence-electron chi connectivity index (χ1n) is 4.87. The molecule has 0 aliphatic rings. The van der Waals surface area contributed by atoms with Crippen LogP contribution < -0.4 is 10.7 Å². The van der Waals surface area contributed by atoms with E-state index >= 15 is 0 Å². The summed E-state index contributed by atoms with van der Waals surface area (Å²) in [6, 6.07) is 0. The maximum Gasteiger partial charge on any atom is 0.305 e. The predicted molar refractivity (Wildman–Crippen MR) is 58.7 cm³/mol.